The fraction of sp³-hybridized carbons (Fsp3) is 0.149. The molecule has 0 radical (unpaired) electrons. The molecule has 0 saturated heterocycles. The molecule has 0 N–H and O–H groups in total. The average Bonchev–Trinajstić information content (AvgIpc) is 3.73. The van der Waals surface area contributed by atoms with E-state index in [0.29, 0.717) is 24.0 Å². The summed E-state index contributed by atoms with van der Waals surface area (Å²) >= 11 is 0. The Kier molecular flexibility index (Phi) is 10.0. The zero-order valence-electron chi connectivity index (χ0n) is 30.8. The Balaban J connectivity index is 0.882. The van der Waals surface area contributed by atoms with Crippen LogP contribution in [0.2, 0.25) is 0 Å². The lowest BCUT2D eigenvalue weighted by Crippen LogP contribution is -2.14. The minimum Gasteiger partial charge on any atom is -0.462 e. The molecular formula is C47H40N4O4. The number of ether oxygens (including phenoxy) is 2. The van der Waals surface area contributed by atoms with Crippen LogP contribution >= 0.6 is 0 Å². The Bertz CT molecular complexity index is 2270. The van der Waals surface area contributed by atoms with Crippen LogP contribution in [-0.2, 0) is 9.47 Å². The summed E-state index contributed by atoms with van der Waals surface area (Å²) < 4.78 is 11.6. The van der Waals surface area contributed by atoms with Crippen molar-refractivity contribution >= 4 is 34.7 Å². The van der Waals surface area contributed by atoms with Gasteiger partial charge in [0, 0.05) is 47.5 Å². The number of hydrogen-bond donors (Lipinski definition) is 0. The molecule has 0 heterocycles. The second kappa shape index (κ2) is 15.7. The largest absolute Gasteiger partial charge is 0.462 e. The van der Waals surface area contributed by atoms with Gasteiger partial charge in [-0.1, -0.05) is 109 Å². The van der Waals surface area contributed by atoms with Crippen LogP contribution in [0.25, 0.3) is 22.3 Å². The number of rotatable bonds is 12. The van der Waals surface area contributed by atoms with Gasteiger partial charge in [-0.25, -0.2) is 9.59 Å². The number of esters is 2. The monoisotopic (exact) mass is 724 g/mol. The van der Waals surface area contributed by atoms with Gasteiger partial charge in [-0.2, -0.15) is 10.2 Å². The number of carbonyl (C=O) groups excluding carboxylic acids is 2. The maximum Gasteiger partial charge on any atom is 0.338 e. The van der Waals surface area contributed by atoms with Gasteiger partial charge in [-0.3, -0.25) is 10.0 Å². The third-order valence-corrected chi connectivity index (χ3v) is 10.00. The number of hydrazone groups is 2. The first kappa shape index (κ1) is 35.2. The van der Waals surface area contributed by atoms with E-state index < -0.39 is 0 Å². The molecule has 0 amide bonds. The van der Waals surface area contributed by atoms with Crippen molar-refractivity contribution in [1.29, 1.82) is 0 Å². The quantitative estimate of drug-likeness (QED) is 0.0709. The molecule has 8 rings (SSSR count). The lowest BCUT2D eigenvalue weighted by atomic mass is 9.99. The predicted molar refractivity (Wildman–Crippen MR) is 219 cm³/mol. The molecule has 272 valence electrons. The van der Waals surface area contributed by atoms with E-state index in [1.165, 1.54) is 0 Å². The Hall–Kier alpha value is -6.80. The van der Waals surface area contributed by atoms with Crippen molar-refractivity contribution in [2.75, 3.05) is 37.3 Å². The Morgan fingerprint density at radius 2 is 0.800 bits per heavy atom. The van der Waals surface area contributed by atoms with Crippen LogP contribution in [0.3, 0.4) is 0 Å². The molecule has 0 aliphatic heterocycles. The lowest BCUT2D eigenvalue weighted by molar-refractivity contribution is 0.0479. The van der Waals surface area contributed by atoms with E-state index in [-0.39, 0.29) is 25.2 Å². The van der Waals surface area contributed by atoms with Gasteiger partial charge >= 0.3 is 11.9 Å². The third kappa shape index (κ3) is 7.02. The van der Waals surface area contributed by atoms with E-state index in [1.807, 2.05) is 170 Å². The Morgan fingerprint density at radius 3 is 1.22 bits per heavy atom. The summed E-state index contributed by atoms with van der Waals surface area (Å²) in [6.45, 7) is 0.524. The fourth-order valence-corrected chi connectivity index (χ4v) is 7.31. The highest BCUT2D eigenvalue weighted by atomic mass is 16.5. The predicted octanol–water partition coefficient (Wildman–Crippen LogP) is 9.61. The highest BCUT2D eigenvalue weighted by Crippen LogP contribution is 2.41. The van der Waals surface area contributed by atoms with E-state index in [0.717, 1.165) is 73.7 Å². The molecule has 8 nitrogen and oxygen atoms in total. The summed E-state index contributed by atoms with van der Waals surface area (Å²) in [6.07, 6.45) is 2.02. The zero-order chi connectivity index (χ0) is 37.7. The van der Waals surface area contributed by atoms with Gasteiger partial charge < -0.3 is 9.47 Å². The van der Waals surface area contributed by atoms with Crippen LogP contribution < -0.4 is 10.0 Å². The number of anilines is 2. The molecular weight excluding hydrogens is 685 g/mol. The van der Waals surface area contributed by atoms with Gasteiger partial charge in [-0.05, 0) is 66.8 Å². The first-order valence-corrected chi connectivity index (χ1v) is 18.5. The summed E-state index contributed by atoms with van der Waals surface area (Å²) in [4.78, 5) is 27.0. The maximum atomic E-state index is 13.5. The van der Waals surface area contributed by atoms with Gasteiger partial charge in [-0.15, -0.1) is 0 Å². The Morgan fingerprint density at radius 1 is 0.436 bits per heavy atom. The van der Waals surface area contributed by atoms with Crippen LogP contribution in [0.1, 0.15) is 62.2 Å². The van der Waals surface area contributed by atoms with Crippen molar-refractivity contribution in [2.45, 2.75) is 19.3 Å². The standard InChI is InChI=1S/C47H40N4O4/c1-50(32-18-6-3-7-19-32)48-44-36-24-12-10-22-34(36)42-38(44)26-16-28-40(42)46(52)54-30-14-5-15-31-55-47(53)41-29-17-27-39-43(41)35-23-11-13-25-37(35)45(39)49-51(2)33-20-8-4-9-21-33/h3-4,6-13,16-29H,5,14-15,30-31H2,1-2H3. The highest BCUT2D eigenvalue weighted by molar-refractivity contribution is 6.27. The van der Waals surface area contributed by atoms with Gasteiger partial charge in [0.1, 0.15) is 0 Å². The van der Waals surface area contributed by atoms with Crippen molar-refractivity contribution in [1.82, 2.24) is 0 Å². The van der Waals surface area contributed by atoms with Crippen molar-refractivity contribution in [3.8, 4) is 22.3 Å². The fourth-order valence-electron chi connectivity index (χ4n) is 7.31. The van der Waals surface area contributed by atoms with Gasteiger partial charge in [0.15, 0.2) is 0 Å². The summed E-state index contributed by atoms with van der Waals surface area (Å²) in [5.41, 5.74) is 11.9. The first-order valence-electron chi connectivity index (χ1n) is 18.5. The molecule has 0 bridgehead atoms. The molecule has 0 atom stereocenters. The maximum absolute atomic E-state index is 13.5. The van der Waals surface area contributed by atoms with Gasteiger partial charge in [0.2, 0.25) is 0 Å². The molecule has 0 spiro atoms. The van der Waals surface area contributed by atoms with Gasteiger partial charge in [0.05, 0.1) is 47.1 Å². The minimum absolute atomic E-state index is 0.262. The average molecular weight is 725 g/mol. The topological polar surface area (TPSA) is 83.8 Å². The molecule has 55 heavy (non-hydrogen) atoms. The Labute approximate surface area is 321 Å². The molecule has 2 aliphatic carbocycles. The summed E-state index contributed by atoms with van der Waals surface area (Å²) in [5, 5.41) is 13.6. The molecule has 0 fully saturated rings. The van der Waals surface area contributed by atoms with E-state index in [1.54, 1.807) is 0 Å². The van der Waals surface area contributed by atoms with Crippen molar-refractivity contribution in [3.63, 3.8) is 0 Å². The third-order valence-electron chi connectivity index (χ3n) is 10.00. The van der Waals surface area contributed by atoms with Crippen LogP contribution in [0.5, 0.6) is 0 Å². The number of para-hydroxylation sites is 2. The summed E-state index contributed by atoms with van der Waals surface area (Å²) in [5.74, 6) is -0.737. The summed E-state index contributed by atoms with van der Waals surface area (Å²) in [7, 11) is 3.85. The molecule has 8 heteroatoms. The molecule has 6 aromatic rings. The number of fused-ring (bicyclic) bond motifs is 6. The zero-order valence-corrected chi connectivity index (χ0v) is 30.8. The number of nitrogens with zero attached hydrogens (tertiary/aromatic N) is 4. The number of hydrogen-bond acceptors (Lipinski definition) is 8. The number of unbranched alkanes of at least 4 members (excludes halogenated alkanes) is 2. The molecule has 0 aromatic heterocycles. The molecule has 2 aliphatic rings. The van der Waals surface area contributed by atoms with E-state index in [4.69, 9.17) is 19.7 Å². The molecule has 0 saturated carbocycles. The van der Waals surface area contributed by atoms with Crippen LogP contribution in [0.15, 0.2) is 156 Å². The van der Waals surface area contributed by atoms with E-state index >= 15 is 0 Å². The second-order valence-electron chi connectivity index (χ2n) is 13.5. The smallest absolute Gasteiger partial charge is 0.338 e. The van der Waals surface area contributed by atoms with E-state index in [9.17, 15) is 9.59 Å². The van der Waals surface area contributed by atoms with Crippen molar-refractivity contribution in [3.05, 3.63) is 179 Å². The van der Waals surface area contributed by atoms with Crippen LogP contribution in [0.4, 0.5) is 11.4 Å². The normalized spacial score (nSPS) is 13.5. The van der Waals surface area contributed by atoms with Crippen molar-refractivity contribution in [2.24, 2.45) is 10.2 Å². The summed E-state index contributed by atoms with van der Waals surface area (Å²) in [6, 6.07) is 47.4. The van der Waals surface area contributed by atoms with E-state index in [2.05, 4.69) is 0 Å². The SMILES string of the molecule is CN(N=C1c2ccccc2-c2c(C(=O)OCCCCCOC(=O)c3cccc4c3-c3ccccc3C4=NN(C)c3ccccc3)cccc21)c1ccccc1. The number of carbonyl (C=O) groups is 2. The van der Waals surface area contributed by atoms with Gasteiger partial charge in [0.25, 0.3) is 0 Å². The minimum atomic E-state index is -0.369. The van der Waals surface area contributed by atoms with Crippen LogP contribution in [-0.4, -0.2) is 50.7 Å². The van der Waals surface area contributed by atoms with Crippen LogP contribution in [0, 0.1) is 0 Å². The lowest BCUT2D eigenvalue weighted by Gasteiger charge is -2.15. The molecule has 6 aromatic carbocycles. The first-order chi connectivity index (χ1) is 27.0. The molecule has 0 unspecified atom stereocenters. The highest BCUT2D eigenvalue weighted by Gasteiger charge is 2.31. The van der Waals surface area contributed by atoms with Crippen molar-refractivity contribution < 1.29 is 19.1 Å². The second-order valence-corrected chi connectivity index (χ2v) is 13.5. The number of benzene rings is 6.